The van der Waals surface area contributed by atoms with E-state index in [1.807, 2.05) is 6.92 Å². The maximum absolute atomic E-state index is 10.2. The molecule has 0 radical (unpaired) electrons. The summed E-state index contributed by atoms with van der Waals surface area (Å²) < 4.78 is 11.0. The van der Waals surface area contributed by atoms with Gasteiger partial charge in [-0.3, -0.25) is 0 Å². The standard InChI is InChI=1S/C11H18O4/c1-9(5-4-6-10(12)13)15-11-7-2-3-8-14-11/h4,6,9,11H,2-3,5,7-8H2,1H3,(H,12,13). The molecule has 0 saturated carbocycles. The Morgan fingerprint density at radius 2 is 2.47 bits per heavy atom. The predicted molar refractivity (Wildman–Crippen MR) is 55.5 cm³/mol. The van der Waals surface area contributed by atoms with Crippen LogP contribution in [0.4, 0.5) is 0 Å². The number of hydrogen-bond acceptors (Lipinski definition) is 3. The van der Waals surface area contributed by atoms with E-state index in [2.05, 4.69) is 0 Å². The second-order valence-corrected chi connectivity index (χ2v) is 3.72. The van der Waals surface area contributed by atoms with Gasteiger partial charge in [-0.05, 0) is 32.6 Å². The summed E-state index contributed by atoms with van der Waals surface area (Å²) in [6, 6.07) is 0. The lowest BCUT2D eigenvalue weighted by molar-refractivity contribution is -0.183. The summed E-state index contributed by atoms with van der Waals surface area (Å²) in [4.78, 5) is 10.2. The summed E-state index contributed by atoms with van der Waals surface area (Å²) in [5, 5.41) is 8.40. The molecule has 0 aromatic heterocycles. The lowest BCUT2D eigenvalue weighted by Gasteiger charge is -2.25. The van der Waals surface area contributed by atoms with Gasteiger partial charge in [0.2, 0.25) is 0 Å². The fraction of sp³-hybridized carbons (Fsp3) is 0.727. The monoisotopic (exact) mass is 214 g/mol. The van der Waals surface area contributed by atoms with Gasteiger partial charge < -0.3 is 14.6 Å². The first-order chi connectivity index (χ1) is 7.18. The summed E-state index contributed by atoms with van der Waals surface area (Å²) in [7, 11) is 0. The van der Waals surface area contributed by atoms with Gasteiger partial charge in [0, 0.05) is 12.7 Å². The molecule has 15 heavy (non-hydrogen) atoms. The van der Waals surface area contributed by atoms with Crippen LogP contribution in [0.25, 0.3) is 0 Å². The van der Waals surface area contributed by atoms with Crippen molar-refractivity contribution in [3.63, 3.8) is 0 Å². The first-order valence-corrected chi connectivity index (χ1v) is 5.35. The van der Waals surface area contributed by atoms with E-state index < -0.39 is 5.97 Å². The largest absolute Gasteiger partial charge is 0.478 e. The molecular formula is C11H18O4. The third-order valence-electron chi connectivity index (χ3n) is 2.25. The molecule has 4 heteroatoms. The number of carboxylic acids is 1. The Bertz CT molecular complexity index is 219. The zero-order valence-electron chi connectivity index (χ0n) is 9.02. The highest BCUT2D eigenvalue weighted by Crippen LogP contribution is 2.16. The summed E-state index contributed by atoms with van der Waals surface area (Å²) in [6.07, 6.45) is 6.43. The Hall–Kier alpha value is -0.870. The van der Waals surface area contributed by atoms with E-state index in [-0.39, 0.29) is 12.4 Å². The first-order valence-electron chi connectivity index (χ1n) is 5.35. The fourth-order valence-electron chi connectivity index (χ4n) is 1.49. The minimum atomic E-state index is -0.920. The molecule has 2 unspecified atom stereocenters. The summed E-state index contributed by atoms with van der Waals surface area (Å²) in [5.74, 6) is -0.920. The Kier molecular flexibility index (Phi) is 5.36. The number of rotatable bonds is 5. The van der Waals surface area contributed by atoms with Crippen molar-refractivity contribution < 1.29 is 19.4 Å². The van der Waals surface area contributed by atoms with Crippen molar-refractivity contribution >= 4 is 5.97 Å². The molecule has 0 spiro atoms. The quantitative estimate of drug-likeness (QED) is 0.711. The molecule has 1 saturated heterocycles. The van der Waals surface area contributed by atoms with Gasteiger partial charge in [-0.1, -0.05) is 6.08 Å². The van der Waals surface area contributed by atoms with E-state index in [1.165, 1.54) is 0 Å². The van der Waals surface area contributed by atoms with Gasteiger partial charge in [-0.25, -0.2) is 4.79 Å². The van der Waals surface area contributed by atoms with Gasteiger partial charge in [0.1, 0.15) is 0 Å². The number of carboxylic acid groups (broad SMARTS) is 1. The summed E-state index contributed by atoms with van der Waals surface area (Å²) in [6.45, 7) is 2.69. The highest BCUT2D eigenvalue weighted by atomic mass is 16.7. The molecule has 0 aromatic carbocycles. The van der Waals surface area contributed by atoms with Crippen molar-refractivity contribution in [3.8, 4) is 0 Å². The molecule has 1 heterocycles. The van der Waals surface area contributed by atoms with E-state index in [0.717, 1.165) is 31.9 Å². The smallest absolute Gasteiger partial charge is 0.327 e. The molecule has 1 aliphatic rings. The van der Waals surface area contributed by atoms with Gasteiger partial charge in [-0.15, -0.1) is 0 Å². The maximum atomic E-state index is 10.2. The molecule has 4 nitrogen and oxygen atoms in total. The number of aliphatic carboxylic acids is 1. The molecule has 0 amide bonds. The summed E-state index contributed by atoms with van der Waals surface area (Å²) in [5.41, 5.74) is 0. The highest BCUT2D eigenvalue weighted by molar-refractivity contribution is 5.79. The molecule has 1 rings (SSSR count). The molecule has 1 aliphatic heterocycles. The van der Waals surface area contributed by atoms with Gasteiger partial charge >= 0.3 is 5.97 Å². The van der Waals surface area contributed by atoms with E-state index in [0.29, 0.717) is 6.42 Å². The predicted octanol–water partition coefficient (Wildman–Crippen LogP) is 1.95. The van der Waals surface area contributed by atoms with Crippen molar-refractivity contribution in [2.75, 3.05) is 6.61 Å². The molecule has 86 valence electrons. The van der Waals surface area contributed by atoms with Crippen LogP contribution in [0, 0.1) is 0 Å². The van der Waals surface area contributed by atoms with Crippen molar-refractivity contribution in [1.82, 2.24) is 0 Å². The van der Waals surface area contributed by atoms with Crippen LogP contribution in [-0.4, -0.2) is 30.1 Å². The Labute approximate surface area is 89.9 Å². The van der Waals surface area contributed by atoms with Crippen LogP contribution in [0.2, 0.25) is 0 Å². The van der Waals surface area contributed by atoms with E-state index in [4.69, 9.17) is 14.6 Å². The minimum absolute atomic E-state index is 0.00343. The third-order valence-corrected chi connectivity index (χ3v) is 2.25. The molecule has 0 bridgehead atoms. The van der Waals surface area contributed by atoms with Crippen LogP contribution < -0.4 is 0 Å². The van der Waals surface area contributed by atoms with Crippen molar-refractivity contribution in [2.24, 2.45) is 0 Å². The van der Waals surface area contributed by atoms with Crippen molar-refractivity contribution in [2.45, 2.75) is 45.0 Å². The van der Waals surface area contributed by atoms with E-state index in [9.17, 15) is 4.79 Å². The number of hydrogen-bond donors (Lipinski definition) is 1. The molecular weight excluding hydrogens is 196 g/mol. The maximum Gasteiger partial charge on any atom is 0.327 e. The molecule has 0 aromatic rings. The van der Waals surface area contributed by atoms with E-state index in [1.54, 1.807) is 6.08 Å². The molecule has 0 aliphatic carbocycles. The number of carbonyl (C=O) groups is 1. The molecule has 1 N–H and O–H groups in total. The minimum Gasteiger partial charge on any atom is -0.478 e. The van der Waals surface area contributed by atoms with Crippen LogP contribution in [0.1, 0.15) is 32.6 Å². The Morgan fingerprint density at radius 1 is 1.67 bits per heavy atom. The van der Waals surface area contributed by atoms with Crippen LogP contribution >= 0.6 is 0 Å². The zero-order chi connectivity index (χ0) is 11.1. The second kappa shape index (κ2) is 6.58. The fourth-order valence-corrected chi connectivity index (χ4v) is 1.49. The van der Waals surface area contributed by atoms with Gasteiger partial charge in [-0.2, -0.15) is 0 Å². The lowest BCUT2D eigenvalue weighted by atomic mass is 10.2. The Balaban J connectivity index is 2.16. The summed E-state index contributed by atoms with van der Waals surface area (Å²) >= 11 is 0. The number of ether oxygens (including phenoxy) is 2. The van der Waals surface area contributed by atoms with Crippen LogP contribution in [0.5, 0.6) is 0 Å². The van der Waals surface area contributed by atoms with Crippen molar-refractivity contribution in [1.29, 1.82) is 0 Å². The van der Waals surface area contributed by atoms with Crippen LogP contribution in [0.15, 0.2) is 12.2 Å². The van der Waals surface area contributed by atoms with Gasteiger partial charge in [0.25, 0.3) is 0 Å². The zero-order valence-corrected chi connectivity index (χ0v) is 9.02. The lowest BCUT2D eigenvalue weighted by Crippen LogP contribution is -2.26. The molecule has 2 atom stereocenters. The SMILES string of the molecule is CC(CC=CC(=O)O)OC1CCCCO1. The highest BCUT2D eigenvalue weighted by Gasteiger charge is 2.16. The first kappa shape index (κ1) is 12.2. The topological polar surface area (TPSA) is 55.8 Å². The molecule has 1 fully saturated rings. The normalized spacial score (nSPS) is 24.2. The van der Waals surface area contributed by atoms with Crippen molar-refractivity contribution in [3.05, 3.63) is 12.2 Å². The van der Waals surface area contributed by atoms with Gasteiger partial charge in [0.05, 0.1) is 6.10 Å². The van der Waals surface area contributed by atoms with E-state index >= 15 is 0 Å². The Morgan fingerprint density at radius 3 is 3.07 bits per heavy atom. The average Bonchev–Trinajstić information content (AvgIpc) is 2.18. The second-order valence-electron chi connectivity index (χ2n) is 3.72. The van der Waals surface area contributed by atoms with Crippen LogP contribution in [-0.2, 0) is 14.3 Å². The van der Waals surface area contributed by atoms with Gasteiger partial charge in [0.15, 0.2) is 6.29 Å². The third kappa shape index (κ3) is 5.54. The van der Waals surface area contributed by atoms with Crippen LogP contribution in [0.3, 0.4) is 0 Å². The average molecular weight is 214 g/mol.